The van der Waals surface area contributed by atoms with Gasteiger partial charge in [0, 0.05) is 61.8 Å². The number of hydrogen-bond donors (Lipinski definition) is 3. The number of carbonyl (C=O) groups excluding carboxylic acids is 3. The van der Waals surface area contributed by atoms with Gasteiger partial charge >= 0.3 is 0 Å². The zero-order valence-corrected chi connectivity index (χ0v) is 30.3. The molecule has 0 saturated heterocycles. The highest BCUT2D eigenvalue weighted by Crippen LogP contribution is 2.33. The molecule has 0 spiro atoms. The molecule has 6 rings (SSSR count). The van der Waals surface area contributed by atoms with Crippen molar-refractivity contribution in [1.82, 2.24) is 9.88 Å². The summed E-state index contributed by atoms with van der Waals surface area (Å²) in [5, 5.41) is 10.7. The summed E-state index contributed by atoms with van der Waals surface area (Å²) >= 11 is 1.42. The molecule has 3 amide bonds. The van der Waals surface area contributed by atoms with E-state index < -0.39 is 11.8 Å². The third kappa shape index (κ3) is 7.98. The van der Waals surface area contributed by atoms with E-state index in [4.69, 9.17) is 9.47 Å². The summed E-state index contributed by atoms with van der Waals surface area (Å²) in [5.41, 5.74) is 4.52. The Morgan fingerprint density at radius 3 is 2.25 bits per heavy atom. The van der Waals surface area contributed by atoms with Crippen LogP contribution in [0.15, 0.2) is 126 Å². The van der Waals surface area contributed by atoms with Crippen molar-refractivity contribution in [2.45, 2.75) is 37.0 Å². The van der Waals surface area contributed by atoms with Crippen LogP contribution in [0.4, 0.5) is 11.4 Å². The first-order valence-electron chi connectivity index (χ1n) is 17.0. The van der Waals surface area contributed by atoms with Crippen molar-refractivity contribution in [1.29, 1.82) is 0 Å². The number of carbonyl (C=O) groups is 3. The molecule has 10 heteroatoms. The lowest BCUT2D eigenvalue weighted by Gasteiger charge is -2.16. The highest BCUT2D eigenvalue weighted by Gasteiger charge is 2.21. The van der Waals surface area contributed by atoms with Crippen LogP contribution in [0, 0.1) is 0 Å². The van der Waals surface area contributed by atoms with E-state index in [0.29, 0.717) is 34.7 Å². The lowest BCUT2D eigenvalue weighted by molar-refractivity contribution is -0.116. The van der Waals surface area contributed by atoms with Gasteiger partial charge in [-0.2, -0.15) is 0 Å². The van der Waals surface area contributed by atoms with Gasteiger partial charge in [0.25, 0.3) is 11.8 Å². The van der Waals surface area contributed by atoms with Gasteiger partial charge in [0.15, 0.2) is 0 Å². The molecule has 0 radical (unpaired) electrons. The molecule has 1 aromatic heterocycles. The van der Waals surface area contributed by atoms with Crippen molar-refractivity contribution in [3.05, 3.63) is 132 Å². The predicted octanol–water partition coefficient (Wildman–Crippen LogP) is 8.75. The first-order chi connectivity index (χ1) is 25.3. The summed E-state index contributed by atoms with van der Waals surface area (Å²) in [6.45, 7) is 4.95. The fourth-order valence-corrected chi connectivity index (χ4v) is 7.08. The topological polar surface area (TPSA) is 111 Å². The molecule has 0 fully saturated rings. The largest absolute Gasteiger partial charge is 0.497 e. The van der Waals surface area contributed by atoms with Gasteiger partial charge in [-0.15, -0.1) is 11.8 Å². The van der Waals surface area contributed by atoms with Crippen molar-refractivity contribution in [2.24, 2.45) is 0 Å². The van der Waals surface area contributed by atoms with Crippen LogP contribution < -0.4 is 25.4 Å². The number of fused-ring (bicyclic) bond motifs is 3. The fourth-order valence-electron chi connectivity index (χ4n) is 6.06. The smallest absolute Gasteiger partial charge is 0.272 e. The average molecular weight is 713 g/mol. The minimum Gasteiger partial charge on any atom is -0.497 e. The number of amides is 3. The van der Waals surface area contributed by atoms with E-state index in [1.165, 1.54) is 24.4 Å². The first-order valence-corrected chi connectivity index (χ1v) is 17.9. The standard InChI is InChI=1S/C42H40N4O5S/c1-5-39(42(49)44-30-20-22-37-34(25-30)33-17-10-11-18-36(33)46(37)6-2)52-32-16-12-15-29(24-32)43-41(48)35(45-40(47)27-13-8-7-9-14-27)23-28-19-21-31(50-3)26-38(28)51-4/h7-26,39H,5-6H2,1-4H3,(H,43,48)(H,44,49)(H,45,47)/b35-23+. The van der Waals surface area contributed by atoms with Gasteiger partial charge in [-0.1, -0.05) is 49.4 Å². The van der Waals surface area contributed by atoms with Gasteiger partial charge < -0.3 is 30.0 Å². The number of hydrogen-bond acceptors (Lipinski definition) is 6. The Kier molecular flexibility index (Phi) is 11.3. The highest BCUT2D eigenvalue weighted by molar-refractivity contribution is 8.00. The van der Waals surface area contributed by atoms with E-state index in [1.54, 1.807) is 61.7 Å². The number of nitrogens with one attached hydrogen (secondary N) is 3. The highest BCUT2D eigenvalue weighted by atomic mass is 32.2. The Bertz CT molecular complexity index is 2280. The van der Waals surface area contributed by atoms with Crippen LogP contribution in [0.1, 0.15) is 36.2 Å². The van der Waals surface area contributed by atoms with Gasteiger partial charge in [0.05, 0.1) is 19.5 Å². The lowest BCUT2D eigenvalue weighted by Crippen LogP contribution is -2.30. The van der Waals surface area contributed by atoms with E-state index >= 15 is 0 Å². The molecule has 0 aliphatic heterocycles. The number of anilines is 2. The van der Waals surface area contributed by atoms with Gasteiger partial charge in [-0.25, -0.2) is 0 Å². The maximum Gasteiger partial charge on any atom is 0.272 e. The molecular formula is C42H40N4O5S. The number of ether oxygens (including phenoxy) is 2. The van der Waals surface area contributed by atoms with Crippen molar-refractivity contribution in [3.8, 4) is 11.5 Å². The quantitative estimate of drug-likeness (QED) is 0.0816. The Hall–Kier alpha value is -6.00. The van der Waals surface area contributed by atoms with Gasteiger partial charge in [0.1, 0.15) is 17.2 Å². The Balaban J connectivity index is 1.19. The van der Waals surface area contributed by atoms with Gasteiger partial charge in [0.2, 0.25) is 5.91 Å². The number of aryl methyl sites for hydroxylation is 1. The second-order valence-corrected chi connectivity index (χ2v) is 13.2. The zero-order chi connectivity index (χ0) is 36.6. The van der Waals surface area contributed by atoms with E-state index in [9.17, 15) is 14.4 Å². The summed E-state index contributed by atoms with van der Waals surface area (Å²) in [4.78, 5) is 41.3. The van der Waals surface area contributed by atoms with Crippen LogP contribution in [-0.4, -0.2) is 41.8 Å². The molecule has 52 heavy (non-hydrogen) atoms. The van der Waals surface area contributed by atoms with E-state index in [1.807, 2.05) is 55.5 Å². The molecule has 1 heterocycles. The van der Waals surface area contributed by atoms with Crippen molar-refractivity contribution >= 4 is 68.7 Å². The van der Waals surface area contributed by atoms with Crippen LogP contribution in [0.3, 0.4) is 0 Å². The minimum absolute atomic E-state index is 0.0141. The van der Waals surface area contributed by atoms with Crippen LogP contribution in [0.2, 0.25) is 0 Å². The number of aromatic nitrogens is 1. The number of benzene rings is 5. The molecule has 0 bridgehead atoms. The van der Waals surface area contributed by atoms with Crippen molar-refractivity contribution in [3.63, 3.8) is 0 Å². The number of nitrogens with zero attached hydrogens (tertiary/aromatic N) is 1. The summed E-state index contributed by atoms with van der Waals surface area (Å²) in [7, 11) is 3.07. The fraction of sp³-hybridized carbons (Fsp3) is 0.167. The molecule has 0 aliphatic carbocycles. The molecule has 0 saturated carbocycles. The SMILES string of the molecule is CCC(Sc1cccc(NC(=O)/C(=C\c2ccc(OC)cc2OC)NC(=O)c2ccccc2)c1)C(=O)Nc1ccc2c(c1)c1ccccc1n2CC. The monoisotopic (exact) mass is 712 g/mol. The van der Waals surface area contributed by atoms with E-state index in [0.717, 1.165) is 33.4 Å². The van der Waals surface area contributed by atoms with Crippen molar-refractivity contribution < 1.29 is 23.9 Å². The molecule has 0 aliphatic rings. The van der Waals surface area contributed by atoms with Crippen LogP contribution in [-0.2, 0) is 16.1 Å². The number of rotatable bonds is 13. The minimum atomic E-state index is -0.533. The number of thioether (sulfide) groups is 1. The van der Waals surface area contributed by atoms with Crippen molar-refractivity contribution in [2.75, 3.05) is 24.9 Å². The van der Waals surface area contributed by atoms with E-state index in [2.05, 4.69) is 45.6 Å². The Labute approximate surface area is 307 Å². The molecule has 1 unspecified atom stereocenters. The van der Waals surface area contributed by atoms with Gasteiger partial charge in [-0.3, -0.25) is 14.4 Å². The number of methoxy groups -OCH3 is 2. The number of para-hydroxylation sites is 1. The second-order valence-electron chi connectivity index (χ2n) is 12.0. The zero-order valence-electron chi connectivity index (χ0n) is 29.4. The summed E-state index contributed by atoms with van der Waals surface area (Å²) in [6, 6.07) is 35.5. The molecule has 6 aromatic rings. The molecular weight excluding hydrogens is 673 g/mol. The summed E-state index contributed by atoms with van der Waals surface area (Å²) in [5.74, 6) is -0.0286. The van der Waals surface area contributed by atoms with E-state index in [-0.39, 0.29) is 16.9 Å². The van der Waals surface area contributed by atoms with Crippen LogP contribution >= 0.6 is 11.8 Å². The first kappa shape index (κ1) is 35.8. The molecule has 9 nitrogen and oxygen atoms in total. The molecule has 1 atom stereocenters. The average Bonchev–Trinajstić information content (AvgIpc) is 3.49. The Morgan fingerprint density at radius 1 is 0.750 bits per heavy atom. The third-order valence-corrected chi connectivity index (χ3v) is 10.0. The lowest BCUT2D eigenvalue weighted by atomic mass is 10.1. The van der Waals surface area contributed by atoms with Gasteiger partial charge in [-0.05, 0) is 86.2 Å². The maximum absolute atomic E-state index is 13.8. The normalized spacial score (nSPS) is 12.0. The molecule has 3 N–H and O–H groups in total. The molecule has 264 valence electrons. The summed E-state index contributed by atoms with van der Waals surface area (Å²) in [6.07, 6.45) is 2.15. The van der Waals surface area contributed by atoms with Crippen LogP contribution in [0.5, 0.6) is 11.5 Å². The Morgan fingerprint density at radius 2 is 1.50 bits per heavy atom. The van der Waals surface area contributed by atoms with Crippen LogP contribution in [0.25, 0.3) is 27.9 Å². The molecule has 5 aromatic carbocycles. The summed E-state index contributed by atoms with van der Waals surface area (Å²) < 4.78 is 13.1. The predicted molar refractivity (Wildman–Crippen MR) is 210 cm³/mol. The third-order valence-electron chi connectivity index (χ3n) is 8.66. The maximum atomic E-state index is 13.8. The second kappa shape index (κ2) is 16.3.